The van der Waals surface area contributed by atoms with Crippen LogP contribution in [0.2, 0.25) is 0 Å². The number of thiol groups is 1. The first kappa shape index (κ1) is 19.4. The number of carbonyl (C=O) groups is 1. The van der Waals surface area contributed by atoms with E-state index in [1.54, 1.807) is 22.0 Å². The summed E-state index contributed by atoms with van der Waals surface area (Å²) in [7, 11) is 0. The van der Waals surface area contributed by atoms with Crippen molar-refractivity contribution in [1.82, 2.24) is 19.7 Å². The lowest BCUT2D eigenvalue weighted by atomic mass is 10.0. The number of halogens is 1. The molecule has 0 saturated carbocycles. The number of amides is 1. The average Bonchev–Trinajstić information content (AvgIpc) is 2.95. The number of hydrogen-bond acceptors (Lipinski definition) is 4. The number of fused-ring (bicyclic) bond motifs is 1. The summed E-state index contributed by atoms with van der Waals surface area (Å²) in [5, 5.41) is 15.0. The third-order valence-corrected chi connectivity index (χ3v) is 6.84. The molecule has 1 aliphatic heterocycles. The Labute approximate surface area is 166 Å². The molecule has 0 spiro atoms. The van der Waals surface area contributed by atoms with Gasteiger partial charge in [-0.05, 0) is 53.7 Å². The van der Waals surface area contributed by atoms with Gasteiger partial charge in [-0.3, -0.25) is 14.5 Å². The van der Waals surface area contributed by atoms with Gasteiger partial charge >= 0.3 is 0 Å². The maximum Gasteiger partial charge on any atom is 0.273 e. The van der Waals surface area contributed by atoms with Crippen molar-refractivity contribution in [2.75, 3.05) is 19.3 Å². The maximum absolute atomic E-state index is 13.0. The Bertz CT molecular complexity index is 794. The molecule has 8 heteroatoms. The fourth-order valence-corrected chi connectivity index (χ4v) is 4.20. The molecule has 3 heterocycles. The first-order valence-electron chi connectivity index (χ1n) is 8.57. The highest BCUT2D eigenvalue weighted by Crippen LogP contribution is 2.32. The van der Waals surface area contributed by atoms with E-state index in [1.165, 1.54) is 11.8 Å². The number of nitrogens with zero attached hydrogens (tertiary/aromatic N) is 4. The van der Waals surface area contributed by atoms with E-state index >= 15 is 0 Å². The number of β-amino-alcohol motifs (C(OH)–C–C–N with tert-alkyl or cyclic N) is 1. The van der Waals surface area contributed by atoms with Crippen LogP contribution in [-0.4, -0.2) is 60.9 Å². The monoisotopic (exact) mass is 439 g/mol. The van der Waals surface area contributed by atoms with Gasteiger partial charge in [0.25, 0.3) is 5.91 Å². The third-order valence-electron chi connectivity index (χ3n) is 4.69. The van der Waals surface area contributed by atoms with Gasteiger partial charge in [-0.1, -0.05) is 0 Å². The highest BCUT2D eigenvalue weighted by molar-refractivity contribution is 9.10. The van der Waals surface area contributed by atoms with E-state index in [1.807, 2.05) is 12.1 Å². The lowest BCUT2D eigenvalue weighted by molar-refractivity contribution is 0.0529. The van der Waals surface area contributed by atoms with Crippen molar-refractivity contribution >= 4 is 33.6 Å². The summed E-state index contributed by atoms with van der Waals surface area (Å²) in [5.41, 5.74) is 2.20. The van der Waals surface area contributed by atoms with Crippen LogP contribution in [0.15, 0.2) is 29.0 Å². The molecule has 0 aliphatic carbocycles. The number of carbonyl (C=O) groups excluding carboxylic acids is 1. The van der Waals surface area contributed by atoms with E-state index in [0.717, 1.165) is 11.3 Å². The van der Waals surface area contributed by atoms with E-state index in [9.17, 15) is 9.90 Å². The molecular weight excluding hydrogens is 416 g/mol. The normalized spacial score (nSPS) is 15.9. The molecule has 0 radical (unpaired) electrons. The Morgan fingerprint density at radius 2 is 2.04 bits per heavy atom. The van der Waals surface area contributed by atoms with Gasteiger partial charge in [-0.15, -0.1) is 0 Å². The Kier molecular flexibility index (Phi) is 5.74. The quantitative estimate of drug-likeness (QED) is 0.552. The topological polar surface area (TPSA) is 71.2 Å². The van der Waals surface area contributed by atoms with Gasteiger partial charge in [-0.2, -0.15) is 5.10 Å². The molecule has 6 nitrogen and oxygen atoms in total. The van der Waals surface area contributed by atoms with Crippen LogP contribution in [-0.2, 0) is 18.3 Å². The maximum atomic E-state index is 13.0. The Balaban J connectivity index is 1.79. The van der Waals surface area contributed by atoms with Crippen LogP contribution in [0.25, 0.3) is 11.3 Å². The van der Waals surface area contributed by atoms with Crippen molar-refractivity contribution in [2.45, 2.75) is 37.7 Å². The molecule has 1 unspecified atom stereocenters. The van der Waals surface area contributed by atoms with Crippen molar-refractivity contribution in [3.05, 3.63) is 34.7 Å². The van der Waals surface area contributed by atoms with E-state index in [-0.39, 0.29) is 10.7 Å². The lowest BCUT2D eigenvalue weighted by Gasteiger charge is -2.30. The molecule has 0 bridgehead atoms. The van der Waals surface area contributed by atoms with Crippen molar-refractivity contribution < 1.29 is 9.90 Å². The van der Waals surface area contributed by atoms with Crippen LogP contribution in [0.5, 0.6) is 0 Å². The summed E-state index contributed by atoms with van der Waals surface area (Å²) < 4.78 is 2.48. The number of aliphatic hydroxyl groups is 1. The molecule has 26 heavy (non-hydrogen) atoms. The van der Waals surface area contributed by atoms with Crippen LogP contribution in [0, 0.1) is 0 Å². The van der Waals surface area contributed by atoms with Gasteiger partial charge in [-0.25, -0.2) is 0 Å². The van der Waals surface area contributed by atoms with Crippen LogP contribution < -0.4 is 0 Å². The van der Waals surface area contributed by atoms with Gasteiger partial charge in [0.05, 0.1) is 23.4 Å². The zero-order valence-corrected chi connectivity index (χ0v) is 17.7. The van der Waals surface area contributed by atoms with Crippen molar-refractivity contribution in [3.8, 4) is 11.3 Å². The van der Waals surface area contributed by atoms with Crippen LogP contribution in [0.3, 0.4) is 0 Å². The number of aromatic nitrogens is 3. The minimum Gasteiger partial charge on any atom is -0.391 e. The van der Waals surface area contributed by atoms with Crippen LogP contribution in [0.1, 0.15) is 30.8 Å². The van der Waals surface area contributed by atoms with Gasteiger partial charge < -0.3 is 10.0 Å². The number of hydrogen-bond donors (Lipinski definition) is 1. The summed E-state index contributed by atoms with van der Waals surface area (Å²) in [4.78, 5) is 18.7. The highest BCUT2D eigenvalue weighted by Gasteiger charge is 2.34. The predicted molar refractivity (Wildman–Crippen MR) is 108 cm³/mol. The minimum absolute atomic E-state index is 0.0368. The highest BCUT2D eigenvalue weighted by atomic mass is 79.9. The summed E-state index contributed by atoms with van der Waals surface area (Å²) in [5.74, 6) is -0.0955. The van der Waals surface area contributed by atoms with Gasteiger partial charge in [0.2, 0.25) is 0 Å². The predicted octanol–water partition coefficient (Wildman–Crippen LogP) is 2.14. The zero-order valence-electron chi connectivity index (χ0n) is 15.2. The van der Waals surface area contributed by atoms with Gasteiger partial charge in [0, 0.05) is 37.5 Å². The SMILES string of the molecule is C[SH+]C(C)(C)CC(O)CN1CCn2nc(-c3ccncc3)c(Br)c2C1=O. The smallest absolute Gasteiger partial charge is 0.273 e. The average molecular weight is 440 g/mol. The lowest BCUT2D eigenvalue weighted by Crippen LogP contribution is -2.45. The molecule has 2 aromatic rings. The summed E-state index contributed by atoms with van der Waals surface area (Å²) in [6, 6.07) is 3.74. The largest absolute Gasteiger partial charge is 0.391 e. The molecular formula is C18H24BrN4O2S+. The second kappa shape index (κ2) is 7.70. The second-order valence-corrected chi connectivity index (χ2v) is 9.57. The number of pyridine rings is 1. The summed E-state index contributed by atoms with van der Waals surface area (Å²) >= 11 is 4.79. The van der Waals surface area contributed by atoms with Crippen LogP contribution >= 0.6 is 15.9 Å². The fraction of sp³-hybridized carbons (Fsp3) is 0.500. The standard InChI is InChI=1S/C18H23BrN4O2S/c1-18(2,26-3)10-13(24)11-22-8-9-23-16(17(22)25)14(19)15(21-23)12-4-6-20-7-5-12/h4-7,13,24H,8-11H2,1-3H3/p+1. The van der Waals surface area contributed by atoms with E-state index in [4.69, 9.17) is 0 Å². The molecule has 1 atom stereocenters. The van der Waals surface area contributed by atoms with Gasteiger partial charge in [0.15, 0.2) is 0 Å². The molecule has 2 aromatic heterocycles. The molecule has 0 saturated heterocycles. The molecule has 0 fully saturated rings. The Hall–Kier alpha value is -1.38. The minimum atomic E-state index is -0.533. The first-order chi connectivity index (χ1) is 12.3. The van der Waals surface area contributed by atoms with E-state index in [2.05, 4.69) is 46.1 Å². The third kappa shape index (κ3) is 3.97. The van der Waals surface area contributed by atoms with Crippen molar-refractivity contribution in [3.63, 3.8) is 0 Å². The second-order valence-electron chi connectivity index (χ2n) is 7.12. The molecule has 1 N–H and O–H groups in total. The molecule has 0 aromatic carbocycles. The zero-order chi connectivity index (χ0) is 18.9. The number of aliphatic hydroxyl groups excluding tert-OH is 1. The summed E-state index contributed by atoms with van der Waals surface area (Å²) in [6.45, 7) is 5.77. The van der Waals surface area contributed by atoms with Crippen molar-refractivity contribution in [2.24, 2.45) is 0 Å². The van der Waals surface area contributed by atoms with E-state index < -0.39 is 6.10 Å². The van der Waals surface area contributed by atoms with Gasteiger partial charge in [0.1, 0.15) is 16.1 Å². The van der Waals surface area contributed by atoms with E-state index in [0.29, 0.717) is 36.2 Å². The molecule has 1 aliphatic rings. The molecule has 3 rings (SSSR count). The Morgan fingerprint density at radius 1 is 1.35 bits per heavy atom. The fourth-order valence-electron chi connectivity index (χ4n) is 3.13. The first-order valence-corrected chi connectivity index (χ1v) is 10.7. The summed E-state index contributed by atoms with van der Waals surface area (Å²) in [6.07, 6.45) is 5.64. The van der Waals surface area contributed by atoms with Crippen LogP contribution in [0.4, 0.5) is 0 Å². The number of rotatable bonds is 6. The Morgan fingerprint density at radius 3 is 2.69 bits per heavy atom. The van der Waals surface area contributed by atoms with Crippen molar-refractivity contribution in [1.29, 1.82) is 0 Å². The molecule has 1 amide bonds. The molecule has 140 valence electrons.